The monoisotopic (exact) mass is 298 g/mol. The summed E-state index contributed by atoms with van der Waals surface area (Å²) in [5.74, 6) is 0.731. The fourth-order valence-electron chi connectivity index (χ4n) is 4.40. The van der Waals surface area contributed by atoms with Crippen molar-refractivity contribution >= 4 is 18.8 Å². The lowest BCUT2D eigenvalue weighted by Gasteiger charge is -2.50. The summed E-state index contributed by atoms with van der Waals surface area (Å²) >= 11 is 0. The molecule has 0 aliphatic carbocycles. The molecule has 6 heteroatoms. The van der Waals surface area contributed by atoms with Crippen molar-refractivity contribution in [3.05, 3.63) is 11.4 Å². The molecule has 4 aliphatic rings. The molecule has 0 aromatic heterocycles. The number of rotatable bonds is 0. The van der Waals surface area contributed by atoms with Crippen LogP contribution >= 0.6 is 18.8 Å². The molecule has 2 fully saturated rings. The van der Waals surface area contributed by atoms with Gasteiger partial charge in [0.05, 0.1) is 0 Å². The topological polar surface area (TPSA) is 30.5 Å². The van der Waals surface area contributed by atoms with Gasteiger partial charge in [-0.3, -0.25) is 4.67 Å². The van der Waals surface area contributed by atoms with Gasteiger partial charge in [-0.05, 0) is 35.2 Å². The van der Waals surface area contributed by atoms with E-state index in [0.29, 0.717) is 18.1 Å². The van der Waals surface area contributed by atoms with Gasteiger partial charge in [-0.1, -0.05) is 9.39 Å². The fourth-order valence-corrected chi connectivity index (χ4v) is 5.56. The summed E-state index contributed by atoms with van der Waals surface area (Å²) in [6.07, 6.45) is 5.15. The molecule has 0 bridgehead atoms. The van der Waals surface area contributed by atoms with Crippen molar-refractivity contribution in [2.75, 3.05) is 19.6 Å². The normalized spacial score (nSPS) is 42.5. The van der Waals surface area contributed by atoms with Crippen LogP contribution in [0.5, 0.6) is 0 Å². The first-order valence-corrected chi connectivity index (χ1v) is 8.54. The van der Waals surface area contributed by atoms with Gasteiger partial charge in [-0.25, -0.2) is 0 Å². The smallest absolute Gasteiger partial charge is 0.0478 e. The van der Waals surface area contributed by atoms with Crippen molar-refractivity contribution in [2.45, 2.75) is 43.8 Å². The highest BCUT2D eigenvalue weighted by Gasteiger charge is 2.45. The van der Waals surface area contributed by atoms with Crippen LogP contribution in [0.1, 0.15) is 25.7 Å². The van der Waals surface area contributed by atoms with Gasteiger partial charge in [0, 0.05) is 54.9 Å². The zero-order valence-electron chi connectivity index (χ0n) is 11.3. The molecular weight excluding hydrogens is 274 g/mol. The maximum Gasteiger partial charge on any atom is 0.0478 e. The molecule has 19 heavy (non-hydrogen) atoms. The summed E-state index contributed by atoms with van der Waals surface area (Å²) in [6, 6.07) is 1.99. The highest BCUT2D eigenvalue weighted by molar-refractivity contribution is 7.13. The highest BCUT2D eigenvalue weighted by Crippen LogP contribution is 2.44. The summed E-state index contributed by atoms with van der Waals surface area (Å²) in [7, 11) is 5.94. The van der Waals surface area contributed by atoms with E-state index in [4.69, 9.17) is 0 Å². The Labute approximate surface area is 120 Å². The molecule has 0 aromatic rings. The van der Waals surface area contributed by atoms with Gasteiger partial charge in [-0.15, -0.1) is 0 Å². The van der Waals surface area contributed by atoms with Gasteiger partial charge in [0.15, 0.2) is 0 Å². The standard InChI is InChI=1S/C13H24N4P2/c18-16-5-3-8-12(16)7-15-10-6-9-11(2-1-4-14-9)17(19)13(8)10/h8-9,11-12,14-15H,1-7,18-19H2. The van der Waals surface area contributed by atoms with Crippen LogP contribution in [0, 0.1) is 5.92 Å². The second-order valence-electron chi connectivity index (χ2n) is 6.33. The average Bonchev–Trinajstić information content (AvgIpc) is 2.80. The predicted molar refractivity (Wildman–Crippen MR) is 84.3 cm³/mol. The van der Waals surface area contributed by atoms with E-state index < -0.39 is 0 Å². The maximum absolute atomic E-state index is 3.72. The first-order chi connectivity index (χ1) is 9.25. The van der Waals surface area contributed by atoms with Crippen LogP contribution in [0.4, 0.5) is 0 Å². The molecule has 0 radical (unpaired) electrons. The van der Waals surface area contributed by atoms with Gasteiger partial charge < -0.3 is 15.3 Å². The minimum Gasteiger partial charge on any atom is -0.385 e. The minimum atomic E-state index is 0.641. The van der Waals surface area contributed by atoms with E-state index in [1.165, 1.54) is 44.5 Å². The van der Waals surface area contributed by atoms with Gasteiger partial charge >= 0.3 is 0 Å². The molecule has 106 valence electrons. The van der Waals surface area contributed by atoms with Gasteiger partial charge in [0.25, 0.3) is 0 Å². The summed E-state index contributed by atoms with van der Waals surface area (Å²) in [5.41, 5.74) is 3.10. The van der Waals surface area contributed by atoms with Crippen molar-refractivity contribution in [3.8, 4) is 0 Å². The van der Waals surface area contributed by atoms with Crippen LogP contribution in [0.3, 0.4) is 0 Å². The van der Waals surface area contributed by atoms with Crippen LogP contribution < -0.4 is 10.6 Å². The molecule has 4 nitrogen and oxygen atoms in total. The third kappa shape index (κ3) is 1.95. The van der Waals surface area contributed by atoms with E-state index in [0.717, 1.165) is 12.5 Å². The number of hydrogen-bond donors (Lipinski definition) is 2. The molecule has 4 heterocycles. The SMILES string of the molecule is PN1CCC2C3=C(CC4NCCCC4N3P)NCC21. The van der Waals surface area contributed by atoms with Crippen molar-refractivity contribution in [2.24, 2.45) is 5.92 Å². The second kappa shape index (κ2) is 4.84. The van der Waals surface area contributed by atoms with Crippen molar-refractivity contribution in [1.29, 1.82) is 0 Å². The summed E-state index contributed by atoms with van der Waals surface area (Å²) in [4.78, 5) is 0. The molecule has 4 aliphatic heterocycles. The fraction of sp³-hybridized carbons (Fsp3) is 0.846. The summed E-state index contributed by atoms with van der Waals surface area (Å²) in [5, 5.41) is 7.43. The zero-order valence-corrected chi connectivity index (χ0v) is 13.6. The lowest BCUT2D eigenvalue weighted by atomic mass is 9.83. The molecule has 6 unspecified atom stereocenters. The zero-order chi connectivity index (χ0) is 13.0. The molecular formula is C13H24N4P2. The first kappa shape index (κ1) is 12.8. The number of hydrogen-bond acceptors (Lipinski definition) is 4. The van der Waals surface area contributed by atoms with Gasteiger partial charge in [-0.2, -0.15) is 0 Å². The number of piperidine rings is 1. The van der Waals surface area contributed by atoms with Crippen molar-refractivity contribution in [3.63, 3.8) is 0 Å². The summed E-state index contributed by atoms with van der Waals surface area (Å²) < 4.78 is 4.98. The predicted octanol–water partition coefficient (Wildman–Crippen LogP) is 0.898. The maximum atomic E-state index is 3.72. The molecule has 0 aromatic carbocycles. The molecule has 0 amide bonds. The Morgan fingerprint density at radius 3 is 2.95 bits per heavy atom. The first-order valence-electron chi connectivity index (χ1n) is 7.51. The molecule has 2 N–H and O–H groups in total. The van der Waals surface area contributed by atoms with Crippen LogP contribution in [-0.4, -0.2) is 47.1 Å². The Morgan fingerprint density at radius 1 is 1.16 bits per heavy atom. The Morgan fingerprint density at radius 2 is 2.05 bits per heavy atom. The number of nitrogens with one attached hydrogen (secondary N) is 2. The third-order valence-corrected chi connectivity index (χ3v) is 6.68. The average molecular weight is 298 g/mol. The van der Waals surface area contributed by atoms with E-state index in [-0.39, 0.29) is 0 Å². The molecule has 0 spiro atoms. The lowest BCUT2D eigenvalue weighted by molar-refractivity contribution is 0.188. The van der Waals surface area contributed by atoms with Crippen LogP contribution in [0.2, 0.25) is 0 Å². The van der Waals surface area contributed by atoms with E-state index in [2.05, 4.69) is 38.8 Å². The quantitative estimate of drug-likeness (QED) is 0.651. The minimum absolute atomic E-state index is 0.641. The van der Waals surface area contributed by atoms with Gasteiger partial charge in [0.2, 0.25) is 0 Å². The van der Waals surface area contributed by atoms with Gasteiger partial charge in [0.1, 0.15) is 0 Å². The van der Waals surface area contributed by atoms with Crippen molar-refractivity contribution in [1.82, 2.24) is 20.0 Å². The van der Waals surface area contributed by atoms with Crippen LogP contribution in [0.15, 0.2) is 11.4 Å². The third-order valence-electron chi connectivity index (χ3n) is 5.38. The second-order valence-corrected chi connectivity index (χ2v) is 7.55. The summed E-state index contributed by atoms with van der Waals surface area (Å²) in [6.45, 7) is 3.51. The number of nitrogens with zero attached hydrogens (tertiary/aromatic N) is 2. The molecule has 0 saturated carbocycles. The number of fused-ring (bicyclic) bond motifs is 3. The Bertz CT molecular complexity index is 413. The van der Waals surface area contributed by atoms with Crippen molar-refractivity contribution < 1.29 is 0 Å². The van der Waals surface area contributed by atoms with Crippen LogP contribution in [-0.2, 0) is 0 Å². The Kier molecular flexibility index (Phi) is 3.27. The Hall–Kier alpha value is 0.120. The van der Waals surface area contributed by atoms with E-state index in [1.54, 1.807) is 5.70 Å². The van der Waals surface area contributed by atoms with Crippen LogP contribution in [0.25, 0.3) is 0 Å². The van der Waals surface area contributed by atoms with E-state index in [1.807, 2.05) is 0 Å². The molecule has 2 saturated heterocycles. The largest absolute Gasteiger partial charge is 0.385 e. The highest BCUT2D eigenvalue weighted by atomic mass is 31.0. The lowest BCUT2D eigenvalue weighted by Crippen LogP contribution is -2.57. The Balaban J connectivity index is 1.67. The van der Waals surface area contributed by atoms with E-state index >= 15 is 0 Å². The van der Waals surface area contributed by atoms with E-state index in [9.17, 15) is 0 Å². The molecule has 4 rings (SSSR count). The molecule has 6 atom stereocenters.